The number of likely N-dealkylation sites (tertiary alicyclic amines) is 1. The van der Waals surface area contributed by atoms with Gasteiger partial charge in [0.25, 0.3) is 0 Å². The highest BCUT2D eigenvalue weighted by molar-refractivity contribution is 5.32. The van der Waals surface area contributed by atoms with Gasteiger partial charge < -0.3 is 9.64 Å². The molecule has 3 heteroatoms. The smallest absolute Gasteiger partial charge is 0.0965 e. The average Bonchev–Trinajstić information content (AvgIpc) is 2.33. The van der Waals surface area contributed by atoms with Gasteiger partial charge in [-0.2, -0.15) is 0 Å². The Labute approximate surface area is 110 Å². The quantitative estimate of drug-likeness (QED) is 0.819. The SMILES string of the molecule is COC(C)c1ncc(C2CN(C)C2)cc1C(C)C. The second-order valence-electron chi connectivity index (χ2n) is 5.69. The molecule has 1 aliphatic heterocycles. The second-order valence-corrected chi connectivity index (χ2v) is 5.69. The highest BCUT2D eigenvalue weighted by Gasteiger charge is 2.26. The lowest BCUT2D eigenvalue weighted by Crippen LogP contribution is -2.41. The third-order valence-electron chi connectivity index (χ3n) is 3.87. The van der Waals surface area contributed by atoms with Gasteiger partial charge in [0.05, 0.1) is 11.8 Å². The van der Waals surface area contributed by atoms with Gasteiger partial charge in [-0.15, -0.1) is 0 Å². The molecule has 1 saturated heterocycles. The molecule has 0 aliphatic carbocycles. The Morgan fingerprint density at radius 2 is 2.00 bits per heavy atom. The van der Waals surface area contributed by atoms with Crippen LogP contribution in [0.4, 0.5) is 0 Å². The van der Waals surface area contributed by atoms with Crippen LogP contribution in [0.25, 0.3) is 0 Å². The molecule has 2 rings (SSSR count). The summed E-state index contributed by atoms with van der Waals surface area (Å²) in [7, 11) is 3.90. The van der Waals surface area contributed by atoms with Crippen LogP contribution in [0.1, 0.15) is 55.5 Å². The molecule has 0 spiro atoms. The molecule has 1 aromatic heterocycles. The predicted octanol–water partition coefficient (Wildman–Crippen LogP) is 2.94. The van der Waals surface area contributed by atoms with E-state index in [-0.39, 0.29) is 6.10 Å². The fourth-order valence-electron chi connectivity index (χ4n) is 2.56. The van der Waals surface area contributed by atoms with Crippen molar-refractivity contribution in [3.05, 3.63) is 29.1 Å². The van der Waals surface area contributed by atoms with Crippen molar-refractivity contribution < 1.29 is 4.74 Å². The van der Waals surface area contributed by atoms with Crippen molar-refractivity contribution in [1.82, 2.24) is 9.88 Å². The number of methoxy groups -OCH3 is 1. The minimum Gasteiger partial charge on any atom is -0.375 e. The summed E-state index contributed by atoms with van der Waals surface area (Å²) in [5, 5.41) is 0. The number of hydrogen-bond donors (Lipinski definition) is 0. The number of likely N-dealkylation sites (N-methyl/N-ethyl adjacent to an activating group) is 1. The first-order chi connectivity index (χ1) is 8.52. The third kappa shape index (κ3) is 2.57. The fraction of sp³-hybridized carbons (Fsp3) is 0.667. The Morgan fingerprint density at radius 3 is 2.50 bits per heavy atom. The van der Waals surface area contributed by atoms with E-state index in [9.17, 15) is 0 Å². The Kier molecular flexibility index (Phi) is 4.03. The largest absolute Gasteiger partial charge is 0.375 e. The molecule has 1 fully saturated rings. The molecule has 2 heterocycles. The van der Waals surface area contributed by atoms with Gasteiger partial charge in [-0.05, 0) is 31.0 Å². The first kappa shape index (κ1) is 13.5. The summed E-state index contributed by atoms with van der Waals surface area (Å²) in [5.74, 6) is 1.15. The van der Waals surface area contributed by atoms with Crippen LogP contribution >= 0.6 is 0 Å². The van der Waals surface area contributed by atoms with E-state index in [1.54, 1.807) is 7.11 Å². The van der Waals surface area contributed by atoms with Gasteiger partial charge >= 0.3 is 0 Å². The van der Waals surface area contributed by atoms with Crippen LogP contribution in [0.2, 0.25) is 0 Å². The summed E-state index contributed by atoms with van der Waals surface area (Å²) in [4.78, 5) is 6.99. The standard InChI is InChI=1S/C15H24N2O/c1-10(2)14-6-12(13-8-17(4)9-13)7-16-15(14)11(3)18-5/h6-7,10-11,13H,8-9H2,1-5H3. The second kappa shape index (κ2) is 5.37. The van der Waals surface area contributed by atoms with Crippen LogP contribution in [-0.2, 0) is 4.74 Å². The molecule has 0 radical (unpaired) electrons. The van der Waals surface area contributed by atoms with Gasteiger partial charge in [0.1, 0.15) is 0 Å². The van der Waals surface area contributed by atoms with E-state index in [0.29, 0.717) is 11.8 Å². The molecule has 1 atom stereocenters. The zero-order valence-electron chi connectivity index (χ0n) is 12.1. The normalized spacial score (nSPS) is 19.0. The van der Waals surface area contributed by atoms with Gasteiger partial charge in [0.15, 0.2) is 0 Å². The first-order valence-corrected chi connectivity index (χ1v) is 6.74. The van der Waals surface area contributed by atoms with E-state index in [2.05, 4.69) is 43.8 Å². The van der Waals surface area contributed by atoms with Gasteiger partial charge in [-0.25, -0.2) is 0 Å². The van der Waals surface area contributed by atoms with Gasteiger partial charge in [0.2, 0.25) is 0 Å². The highest BCUT2D eigenvalue weighted by Crippen LogP contribution is 2.31. The number of nitrogens with zero attached hydrogens (tertiary/aromatic N) is 2. The Balaban J connectivity index is 2.28. The topological polar surface area (TPSA) is 25.4 Å². The minimum atomic E-state index is 0.0699. The van der Waals surface area contributed by atoms with E-state index in [4.69, 9.17) is 4.74 Å². The molecule has 1 aliphatic rings. The Bertz CT molecular complexity index is 411. The molecule has 0 bridgehead atoms. The van der Waals surface area contributed by atoms with Crippen molar-refractivity contribution in [2.75, 3.05) is 27.2 Å². The van der Waals surface area contributed by atoms with E-state index < -0.39 is 0 Å². The maximum atomic E-state index is 5.41. The number of rotatable bonds is 4. The summed E-state index contributed by atoms with van der Waals surface area (Å²) in [6.07, 6.45) is 2.11. The van der Waals surface area contributed by atoms with E-state index in [1.165, 1.54) is 11.1 Å². The number of hydrogen-bond acceptors (Lipinski definition) is 3. The molecule has 18 heavy (non-hydrogen) atoms. The Morgan fingerprint density at radius 1 is 1.33 bits per heavy atom. The summed E-state index contributed by atoms with van der Waals surface area (Å²) >= 11 is 0. The van der Waals surface area contributed by atoms with E-state index in [1.807, 2.05) is 6.20 Å². The van der Waals surface area contributed by atoms with Crippen molar-refractivity contribution in [3.8, 4) is 0 Å². The molecular formula is C15H24N2O. The zero-order valence-corrected chi connectivity index (χ0v) is 12.1. The van der Waals surface area contributed by atoms with Crippen molar-refractivity contribution in [3.63, 3.8) is 0 Å². The molecule has 3 nitrogen and oxygen atoms in total. The van der Waals surface area contributed by atoms with Crippen molar-refractivity contribution in [1.29, 1.82) is 0 Å². The highest BCUT2D eigenvalue weighted by atomic mass is 16.5. The maximum absolute atomic E-state index is 5.41. The minimum absolute atomic E-state index is 0.0699. The van der Waals surface area contributed by atoms with Crippen LogP contribution in [-0.4, -0.2) is 37.1 Å². The Hall–Kier alpha value is -0.930. The first-order valence-electron chi connectivity index (χ1n) is 6.74. The number of pyridine rings is 1. The van der Waals surface area contributed by atoms with Gasteiger partial charge in [-0.1, -0.05) is 19.9 Å². The fourth-order valence-corrected chi connectivity index (χ4v) is 2.56. The molecule has 0 aromatic carbocycles. The van der Waals surface area contributed by atoms with Gasteiger partial charge in [-0.3, -0.25) is 4.98 Å². The lowest BCUT2D eigenvalue weighted by atomic mass is 9.89. The monoisotopic (exact) mass is 248 g/mol. The summed E-state index contributed by atoms with van der Waals surface area (Å²) in [6.45, 7) is 8.81. The maximum Gasteiger partial charge on any atom is 0.0965 e. The van der Waals surface area contributed by atoms with E-state index in [0.717, 1.165) is 18.8 Å². The van der Waals surface area contributed by atoms with Crippen molar-refractivity contribution in [2.24, 2.45) is 0 Å². The van der Waals surface area contributed by atoms with Crippen LogP contribution in [0.3, 0.4) is 0 Å². The molecule has 0 N–H and O–H groups in total. The molecule has 100 valence electrons. The lowest BCUT2D eigenvalue weighted by molar-refractivity contribution is 0.114. The summed E-state index contributed by atoms with van der Waals surface area (Å²) < 4.78 is 5.41. The van der Waals surface area contributed by atoms with Crippen LogP contribution in [0, 0.1) is 0 Å². The lowest BCUT2D eigenvalue weighted by Gasteiger charge is -2.36. The summed E-state index contributed by atoms with van der Waals surface area (Å²) in [6, 6.07) is 2.33. The number of aromatic nitrogens is 1. The molecule has 0 saturated carbocycles. The third-order valence-corrected chi connectivity index (χ3v) is 3.87. The number of ether oxygens (including phenoxy) is 1. The van der Waals surface area contributed by atoms with E-state index >= 15 is 0 Å². The molecular weight excluding hydrogens is 224 g/mol. The van der Waals surface area contributed by atoms with Crippen LogP contribution in [0.5, 0.6) is 0 Å². The molecule has 1 aromatic rings. The van der Waals surface area contributed by atoms with Crippen LogP contribution in [0.15, 0.2) is 12.3 Å². The van der Waals surface area contributed by atoms with Gasteiger partial charge in [0, 0.05) is 32.3 Å². The van der Waals surface area contributed by atoms with Crippen molar-refractivity contribution in [2.45, 2.75) is 38.7 Å². The molecule has 1 unspecified atom stereocenters. The van der Waals surface area contributed by atoms with Crippen molar-refractivity contribution >= 4 is 0 Å². The average molecular weight is 248 g/mol. The predicted molar refractivity (Wildman–Crippen MR) is 74.0 cm³/mol. The summed E-state index contributed by atoms with van der Waals surface area (Å²) in [5.41, 5.74) is 3.80. The molecule has 0 amide bonds. The van der Waals surface area contributed by atoms with Crippen LogP contribution < -0.4 is 0 Å². The zero-order chi connectivity index (χ0) is 13.3.